The summed E-state index contributed by atoms with van der Waals surface area (Å²) in [6, 6.07) is 0. The van der Waals surface area contributed by atoms with Gasteiger partial charge in [-0.25, -0.2) is 0 Å². The number of carbonyl (C=O) groups is 6. The van der Waals surface area contributed by atoms with Crippen LogP contribution in [0.25, 0.3) is 0 Å². The molecule has 0 spiro atoms. The van der Waals surface area contributed by atoms with Gasteiger partial charge in [-0.3, -0.25) is 28.8 Å². The lowest BCUT2D eigenvalue weighted by molar-refractivity contribution is -0.198. The Morgan fingerprint density at radius 1 is 0.927 bits per heavy atom. The summed E-state index contributed by atoms with van der Waals surface area (Å²) < 4.78 is 27.0. The molecule has 0 aromatic rings. The van der Waals surface area contributed by atoms with Crippen molar-refractivity contribution in [3.05, 3.63) is 23.3 Å². The third kappa shape index (κ3) is 11.7. The third-order valence-corrected chi connectivity index (χ3v) is 6.66. The van der Waals surface area contributed by atoms with Gasteiger partial charge in [0.25, 0.3) is 0 Å². The van der Waals surface area contributed by atoms with Crippen LogP contribution in [0.4, 0.5) is 0 Å². The second-order valence-corrected chi connectivity index (χ2v) is 10.2. The Balaban J connectivity index is 3.67. The number of unbranched alkanes of at least 4 members (excludes halogenated alkanes) is 3. The Hall–Kier alpha value is -3.21. The summed E-state index contributed by atoms with van der Waals surface area (Å²) in [6.07, 6.45) is 4.37. The summed E-state index contributed by atoms with van der Waals surface area (Å²) >= 11 is 6.31. The molecule has 0 saturated heterocycles. The largest absolute Gasteiger partial charge is 0.469 e. The first-order chi connectivity index (χ1) is 19.3. The molecule has 0 aromatic carbocycles. The van der Waals surface area contributed by atoms with Crippen LogP contribution in [0.1, 0.15) is 86.0 Å². The molecule has 0 amide bonds. The van der Waals surface area contributed by atoms with Crippen LogP contribution in [-0.2, 0) is 52.5 Å². The normalized spacial score (nSPS) is 20.5. The highest BCUT2D eigenvalue weighted by molar-refractivity contribution is 6.44. The smallest absolute Gasteiger partial charge is 0.305 e. The SMILES string of the molecule is CCCCC/C=C\C[C@@]1(OC(C)=O)C=C(Cl)C(=O)[C@@H]1[C@@H](OC(C)=O)[C@H](OC(C)=O)[C@H](CCCC(=O)OC)OC(C)=O. The van der Waals surface area contributed by atoms with Crippen LogP contribution in [-0.4, -0.2) is 66.7 Å². The van der Waals surface area contributed by atoms with E-state index in [-0.39, 0.29) is 30.7 Å². The number of hydrogen-bond acceptors (Lipinski definition) is 11. The molecule has 0 radical (unpaired) electrons. The molecule has 11 nitrogen and oxygen atoms in total. The zero-order valence-electron chi connectivity index (χ0n) is 24.6. The average molecular weight is 601 g/mol. The van der Waals surface area contributed by atoms with E-state index in [2.05, 4.69) is 11.7 Å². The van der Waals surface area contributed by atoms with Crippen molar-refractivity contribution < 1.29 is 52.5 Å². The lowest BCUT2D eigenvalue weighted by Gasteiger charge is -2.40. The third-order valence-electron chi connectivity index (χ3n) is 6.36. The van der Waals surface area contributed by atoms with Gasteiger partial charge in [0.15, 0.2) is 18.0 Å². The van der Waals surface area contributed by atoms with E-state index in [9.17, 15) is 28.8 Å². The molecule has 0 heterocycles. The molecule has 0 fully saturated rings. The predicted molar refractivity (Wildman–Crippen MR) is 147 cm³/mol. The molecule has 0 aromatic heterocycles. The zero-order chi connectivity index (χ0) is 31.2. The van der Waals surface area contributed by atoms with Crippen molar-refractivity contribution in [3.8, 4) is 0 Å². The number of methoxy groups -OCH3 is 1. The molecule has 0 N–H and O–H groups in total. The Kier molecular flexibility index (Phi) is 15.3. The molecule has 41 heavy (non-hydrogen) atoms. The van der Waals surface area contributed by atoms with Gasteiger partial charge >= 0.3 is 29.8 Å². The molecular formula is C29H41ClO11. The molecule has 0 aliphatic heterocycles. The first kappa shape index (κ1) is 35.8. The summed E-state index contributed by atoms with van der Waals surface area (Å²) in [4.78, 5) is 74.2. The van der Waals surface area contributed by atoms with Crippen molar-refractivity contribution in [2.24, 2.45) is 5.92 Å². The van der Waals surface area contributed by atoms with Crippen LogP contribution >= 0.6 is 11.6 Å². The van der Waals surface area contributed by atoms with Crippen LogP contribution in [0, 0.1) is 5.92 Å². The van der Waals surface area contributed by atoms with Gasteiger partial charge in [0, 0.05) is 40.5 Å². The van der Waals surface area contributed by atoms with Gasteiger partial charge in [-0.05, 0) is 31.8 Å². The first-order valence-corrected chi connectivity index (χ1v) is 14.0. The molecule has 1 rings (SSSR count). The molecule has 230 valence electrons. The number of rotatable bonds is 17. The number of halogens is 1. The van der Waals surface area contributed by atoms with Crippen LogP contribution in [0.3, 0.4) is 0 Å². The maximum Gasteiger partial charge on any atom is 0.305 e. The summed E-state index contributed by atoms with van der Waals surface area (Å²) in [6.45, 7) is 6.55. The topological polar surface area (TPSA) is 149 Å². The van der Waals surface area contributed by atoms with Gasteiger partial charge in [0.1, 0.15) is 17.6 Å². The lowest BCUT2D eigenvalue weighted by Crippen LogP contribution is -2.56. The lowest BCUT2D eigenvalue weighted by atomic mass is 9.78. The first-order valence-electron chi connectivity index (χ1n) is 13.6. The van der Waals surface area contributed by atoms with E-state index in [4.69, 9.17) is 30.5 Å². The van der Waals surface area contributed by atoms with Crippen molar-refractivity contribution in [1.29, 1.82) is 0 Å². The van der Waals surface area contributed by atoms with Crippen LogP contribution in [0.5, 0.6) is 0 Å². The number of ether oxygens (including phenoxy) is 5. The summed E-state index contributed by atoms with van der Waals surface area (Å²) in [7, 11) is 1.22. The maximum atomic E-state index is 13.6. The Morgan fingerprint density at radius 3 is 2.10 bits per heavy atom. The molecule has 1 aliphatic rings. The van der Waals surface area contributed by atoms with Crippen molar-refractivity contribution >= 4 is 47.2 Å². The zero-order valence-corrected chi connectivity index (χ0v) is 25.3. The molecule has 0 bridgehead atoms. The molecule has 12 heteroatoms. The second kappa shape index (κ2) is 17.6. The number of Topliss-reactive ketones (excluding diaryl/α,β-unsaturated/α-hetero) is 1. The predicted octanol–water partition coefficient (Wildman–Crippen LogP) is 4.27. The quantitative estimate of drug-likeness (QED) is 0.102. The minimum Gasteiger partial charge on any atom is -0.469 e. The van der Waals surface area contributed by atoms with Crippen molar-refractivity contribution in [2.45, 2.75) is 110 Å². The highest BCUT2D eigenvalue weighted by Crippen LogP contribution is 2.44. The standard InChI is InChI=1S/C29H41ClO11/c1-7-8-9-10-11-12-16-29(41-21(5)34)17-22(30)26(36)25(29)28(40-20(4)33)27(39-19(3)32)23(38-18(2)31)14-13-15-24(35)37-6/h11-12,17,23,25,27-28H,7-10,13-16H2,1-6H3/b12-11-/t23-,25+,27+,28+,29+/m0/s1. The van der Waals surface area contributed by atoms with Gasteiger partial charge in [0.2, 0.25) is 0 Å². The number of hydrogen-bond donors (Lipinski definition) is 0. The highest BCUT2D eigenvalue weighted by atomic mass is 35.5. The monoisotopic (exact) mass is 600 g/mol. The summed E-state index contributed by atoms with van der Waals surface area (Å²) in [5.74, 6) is -5.83. The number of carbonyl (C=O) groups excluding carboxylic acids is 6. The molecule has 0 unspecified atom stereocenters. The molecule has 1 aliphatic carbocycles. The van der Waals surface area contributed by atoms with Gasteiger partial charge in [-0.2, -0.15) is 0 Å². The van der Waals surface area contributed by atoms with E-state index in [0.29, 0.717) is 0 Å². The van der Waals surface area contributed by atoms with Crippen molar-refractivity contribution in [2.75, 3.05) is 7.11 Å². The number of allylic oxidation sites excluding steroid dienone is 2. The number of ketones is 1. The summed E-state index contributed by atoms with van der Waals surface area (Å²) in [5.41, 5.74) is -1.70. The van der Waals surface area contributed by atoms with Crippen LogP contribution in [0.15, 0.2) is 23.3 Å². The minimum absolute atomic E-state index is 0.00351. The van der Waals surface area contributed by atoms with Crippen molar-refractivity contribution in [3.63, 3.8) is 0 Å². The fraction of sp³-hybridized carbons (Fsp3) is 0.655. The average Bonchev–Trinajstić information content (AvgIpc) is 3.10. The van der Waals surface area contributed by atoms with Crippen molar-refractivity contribution in [1.82, 2.24) is 0 Å². The fourth-order valence-corrected chi connectivity index (χ4v) is 5.08. The Bertz CT molecular complexity index is 1020. The van der Waals surface area contributed by atoms with E-state index in [1.165, 1.54) is 13.2 Å². The van der Waals surface area contributed by atoms with Gasteiger partial charge in [0.05, 0.1) is 12.1 Å². The molecule has 0 saturated carbocycles. The van der Waals surface area contributed by atoms with E-state index in [1.54, 1.807) is 6.08 Å². The van der Waals surface area contributed by atoms with Gasteiger partial charge in [-0.1, -0.05) is 43.5 Å². The Morgan fingerprint density at radius 2 is 1.56 bits per heavy atom. The summed E-state index contributed by atoms with van der Waals surface area (Å²) in [5, 5.41) is -0.260. The van der Waals surface area contributed by atoms with E-state index in [1.807, 2.05) is 6.08 Å². The fourth-order valence-electron chi connectivity index (χ4n) is 4.77. The van der Waals surface area contributed by atoms with E-state index in [0.717, 1.165) is 53.4 Å². The maximum absolute atomic E-state index is 13.6. The minimum atomic E-state index is -1.70. The van der Waals surface area contributed by atoms with E-state index < -0.39 is 65.5 Å². The Labute approximate surface area is 245 Å². The molecule has 5 atom stereocenters. The van der Waals surface area contributed by atoms with Crippen LogP contribution < -0.4 is 0 Å². The second-order valence-electron chi connectivity index (χ2n) is 9.82. The number of esters is 5. The van der Waals surface area contributed by atoms with Crippen LogP contribution in [0.2, 0.25) is 0 Å². The highest BCUT2D eigenvalue weighted by Gasteiger charge is 2.58. The van der Waals surface area contributed by atoms with E-state index >= 15 is 0 Å². The van der Waals surface area contributed by atoms with Gasteiger partial charge < -0.3 is 23.7 Å². The van der Waals surface area contributed by atoms with Gasteiger partial charge in [-0.15, -0.1) is 0 Å². The molecular weight excluding hydrogens is 560 g/mol.